The number of pyridine rings is 1. The van der Waals surface area contributed by atoms with Gasteiger partial charge in [0, 0.05) is 28.7 Å². The number of carbonyl (C=O) groups is 1. The van der Waals surface area contributed by atoms with Crippen LogP contribution < -0.4 is 14.8 Å². The second kappa shape index (κ2) is 16.2. The van der Waals surface area contributed by atoms with Crippen LogP contribution >= 0.6 is 11.3 Å². The third kappa shape index (κ3) is 9.90. The summed E-state index contributed by atoms with van der Waals surface area (Å²) in [4.78, 5) is 15.5. The van der Waals surface area contributed by atoms with E-state index in [4.69, 9.17) is 19.7 Å². The number of aliphatic hydroxyl groups is 1. The molecule has 0 bridgehead atoms. The lowest BCUT2D eigenvalue weighted by Crippen LogP contribution is -2.46. The molecule has 9 nitrogen and oxygen atoms in total. The zero-order valence-electron chi connectivity index (χ0n) is 25.5. The van der Waals surface area contributed by atoms with Crippen molar-refractivity contribution in [2.75, 3.05) is 13.2 Å². The number of nitrogens with zero attached hydrogens (tertiary/aromatic N) is 2. The predicted octanol–water partition coefficient (Wildman–Crippen LogP) is 6.92. The summed E-state index contributed by atoms with van der Waals surface area (Å²) in [5, 5.41) is 42.5. The summed E-state index contributed by atoms with van der Waals surface area (Å²) in [6.07, 6.45) is 1.71. The second-order valence-electron chi connectivity index (χ2n) is 10.9. The quantitative estimate of drug-likeness (QED) is 0.115. The Kier molecular flexibility index (Phi) is 11.9. The van der Waals surface area contributed by atoms with Gasteiger partial charge in [0.1, 0.15) is 47.2 Å². The number of carboxylic acid groups (broad SMARTS) is 1. The average molecular weight is 638 g/mol. The average Bonchev–Trinajstić information content (AvgIpc) is 3.60. The minimum absolute atomic E-state index is 0.0671. The van der Waals surface area contributed by atoms with Crippen LogP contribution in [-0.4, -0.2) is 51.1 Å². The first-order valence-corrected chi connectivity index (χ1v) is 15.3. The summed E-state index contributed by atoms with van der Waals surface area (Å²) in [7, 11) is 0. The number of nitriles is 1. The van der Waals surface area contributed by atoms with Gasteiger partial charge in [0.05, 0.1) is 0 Å². The largest absolute Gasteiger partial charge is 0.507 e. The Labute approximate surface area is 272 Å². The molecule has 1 unspecified atom stereocenters. The van der Waals surface area contributed by atoms with Crippen molar-refractivity contribution in [1.29, 1.82) is 5.26 Å². The van der Waals surface area contributed by atoms with Crippen LogP contribution in [0.2, 0.25) is 0 Å². The number of aliphatic hydroxyl groups excluding tert-OH is 1. The van der Waals surface area contributed by atoms with Crippen LogP contribution in [0, 0.1) is 11.3 Å². The number of carboxylic acids is 1. The van der Waals surface area contributed by atoms with Crippen molar-refractivity contribution in [2.24, 2.45) is 0 Å². The summed E-state index contributed by atoms with van der Waals surface area (Å²) in [5.41, 5.74) is 2.24. The molecule has 1 atom stereocenters. The number of aromatic carboxylic acids is 1. The van der Waals surface area contributed by atoms with E-state index in [1.54, 1.807) is 41.8 Å². The normalized spacial score (nSPS) is 11.4. The van der Waals surface area contributed by atoms with Crippen LogP contribution in [0.25, 0.3) is 10.4 Å². The van der Waals surface area contributed by atoms with Gasteiger partial charge >= 0.3 is 5.97 Å². The standard InChI is InChI=1S/C29H29N3O3S.C7H6O3/c1-29(2,17-21-11-13-24(14-12-21)35-28-22(18-30)7-5-15-31-28)32-19-23(33)20-34-26-9-4-3-8-25(26)27-10-6-16-36-27;8-6-4-2-1-3-5(6)7(9)10/h3-16,23,32-33H,17,19-20H2,1-2H3;1-4,8H,(H,9,10). The van der Waals surface area contributed by atoms with E-state index in [1.807, 2.05) is 60.0 Å². The fourth-order valence-electron chi connectivity index (χ4n) is 4.44. The van der Waals surface area contributed by atoms with E-state index in [-0.39, 0.29) is 23.5 Å². The van der Waals surface area contributed by atoms with Gasteiger partial charge in [0.2, 0.25) is 5.88 Å². The van der Waals surface area contributed by atoms with Crippen molar-refractivity contribution in [3.05, 3.63) is 125 Å². The Morgan fingerprint density at radius 1 is 1.00 bits per heavy atom. The SMILES string of the molecule is CC(C)(Cc1ccc(Oc2ncccc2C#N)cc1)NCC(O)COc1ccccc1-c1cccs1.O=C(O)c1ccccc1O. The highest BCUT2D eigenvalue weighted by molar-refractivity contribution is 7.13. The molecule has 0 fully saturated rings. The van der Waals surface area contributed by atoms with E-state index in [9.17, 15) is 15.2 Å². The van der Waals surface area contributed by atoms with Gasteiger partial charge < -0.3 is 30.1 Å². The number of para-hydroxylation sites is 2. The Hall–Kier alpha value is -5.21. The molecule has 0 saturated carbocycles. The molecular formula is C36H35N3O6S. The lowest BCUT2D eigenvalue weighted by Gasteiger charge is -2.28. The highest BCUT2D eigenvalue weighted by Crippen LogP contribution is 2.33. The minimum Gasteiger partial charge on any atom is -0.507 e. The van der Waals surface area contributed by atoms with Gasteiger partial charge in [-0.05, 0) is 85.8 Å². The highest BCUT2D eigenvalue weighted by Gasteiger charge is 2.20. The molecule has 5 aromatic rings. The lowest BCUT2D eigenvalue weighted by molar-refractivity contribution is 0.0693. The maximum Gasteiger partial charge on any atom is 0.339 e. The zero-order chi connectivity index (χ0) is 32.9. The van der Waals surface area contributed by atoms with Crippen LogP contribution in [0.1, 0.15) is 35.3 Å². The molecule has 0 radical (unpaired) electrons. The molecule has 5 rings (SSSR count). The van der Waals surface area contributed by atoms with Gasteiger partial charge in [-0.15, -0.1) is 11.3 Å². The summed E-state index contributed by atoms with van der Waals surface area (Å²) < 4.78 is 11.7. The zero-order valence-corrected chi connectivity index (χ0v) is 26.3. The maximum absolute atomic E-state index is 10.6. The first-order valence-electron chi connectivity index (χ1n) is 14.5. The van der Waals surface area contributed by atoms with Gasteiger partial charge in [0.25, 0.3) is 0 Å². The number of aromatic hydroxyl groups is 1. The number of nitrogens with one attached hydrogen (secondary N) is 1. The molecule has 0 aliphatic carbocycles. The van der Waals surface area contributed by atoms with Crippen molar-refractivity contribution in [2.45, 2.75) is 31.9 Å². The number of benzene rings is 3. The molecule has 0 spiro atoms. The van der Waals surface area contributed by atoms with Gasteiger partial charge in [-0.2, -0.15) is 5.26 Å². The summed E-state index contributed by atoms with van der Waals surface area (Å²) in [6.45, 7) is 4.82. The van der Waals surface area contributed by atoms with Crippen LogP contribution in [0.5, 0.6) is 23.1 Å². The van der Waals surface area contributed by atoms with Gasteiger partial charge in [0.15, 0.2) is 0 Å². The van der Waals surface area contributed by atoms with Crippen molar-refractivity contribution < 1.29 is 29.6 Å². The number of thiophene rings is 1. The van der Waals surface area contributed by atoms with E-state index in [1.165, 1.54) is 12.1 Å². The number of aromatic nitrogens is 1. The fourth-order valence-corrected chi connectivity index (χ4v) is 5.19. The molecule has 0 aliphatic heterocycles. The second-order valence-corrected chi connectivity index (χ2v) is 11.9. The number of hydrogen-bond acceptors (Lipinski definition) is 9. The van der Waals surface area contributed by atoms with Crippen LogP contribution in [0.3, 0.4) is 0 Å². The Morgan fingerprint density at radius 2 is 1.74 bits per heavy atom. The summed E-state index contributed by atoms with van der Waals surface area (Å²) in [6, 6.07) is 31.0. The molecule has 2 heterocycles. The van der Waals surface area contributed by atoms with Crippen LogP contribution in [-0.2, 0) is 6.42 Å². The molecule has 3 aromatic carbocycles. The Bertz CT molecular complexity index is 1750. The Morgan fingerprint density at radius 3 is 2.41 bits per heavy atom. The third-order valence-electron chi connectivity index (χ3n) is 6.73. The number of rotatable bonds is 12. The number of ether oxygens (including phenoxy) is 2. The van der Waals surface area contributed by atoms with Crippen LogP contribution in [0.15, 0.2) is 109 Å². The minimum atomic E-state index is -1.11. The smallest absolute Gasteiger partial charge is 0.339 e. The van der Waals surface area contributed by atoms with Crippen molar-refractivity contribution in [1.82, 2.24) is 10.3 Å². The number of β-amino-alcohol motifs (C(OH)–C–C–N with tert-alkyl or cyclic N) is 1. The molecule has 10 heteroatoms. The fraction of sp³-hybridized carbons (Fsp3) is 0.194. The van der Waals surface area contributed by atoms with E-state index < -0.39 is 12.1 Å². The van der Waals surface area contributed by atoms with Crippen LogP contribution in [0.4, 0.5) is 0 Å². The molecule has 0 aliphatic rings. The van der Waals surface area contributed by atoms with E-state index in [0.717, 1.165) is 28.2 Å². The molecular weight excluding hydrogens is 602 g/mol. The van der Waals surface area contributed by atoms with Gasteiger partial charge in [-0.3, -0.25) is 0 Å². The van der Waals surface area contributed by atoms with E-state index in [0.29, 0.717) is 23.7 Å². The monoisotopic (exact) mass is 637 g/mol. The molecule has 0 amide bonds. The topological polar surface area (TPSA) is 145 Å². The maximum atomic E-state index is 10.6. The first kappa shape index (κ1) is 33.7. The van der Waals surface area contributed by atoms with E-state index >= 15 is 0 Å². The summed E-state index contributed by atoms with van der Waals surface area (Å²) >= 11 is 1.66. The summed E-state index contributed by atoms with van der Waals surface area (Å²) in [5.74, 6) is 0.375. The third-order valence-corrected chi connectivity index (χ3v) is 7.63. The first-order chi connectivity index (χ1) is 22.1. The molecule has 2 aromatic heterocycles. The van der Waals surface area contributed by atoms with Gasteiger partial charge in [-0.25, -0.2) is 9.78 Å². The van der Waals surface area contributed by atoms with Crippen molar-refractivity contribution >= 4 is 17.3 Å². The van der Waals surface area contributed by atoms with Crippen molar-refractivity contribution in [3.8, 4) is 39.6 Å². The molecule has 0 saturated heterocycles. The molecule has 236 valence electrons. The highest BCUT2D eigenvalue weighted by atomic mass is 32.1. The molecule has 4 N–H and O–H groups in total. The van der Waals surface area contributed by atoms with Gasteiger partial charge in [-0.1, -0.05) is 42.5 Å². The van der Waals surface area contributed by atoms with Crippen molar-refractivity contribution in [3.63, 3.8) is 0 Å². The number of hydrogen-bond donors (Lipinski definition) is 4. The van der Waals surface area contributed by atoms with E-state index in [2.05, 4.69) is 36.3 Å². The molecule has 46 heavy (non-hydrogen) atoms. The predicted molar refractivity (Wildman–Crippen MR) is 178 cm³/mol. The lowest BCUT2D eigenvalue weighted by atomic mass is 9.94. The number of phenols is 1. The Balaban J connectivity index is 0.000000409.